The van der Waals surface area contributed by atoms with E-state index in [2.05, 4.69) is 26.8 Å². The molecule has 1 aliphatic rings. The standard InChI is InChI=1S/C26H19F7N4O3S/c1-41(39,40)36-23-11-7-18(34-35-23)3-2-12-37-22-10-6-17(27)13-15(22)4-8-20(24(37)38)19-9-5-16(25(28,29)30)14-21(19)26(31,32)33/h5-7,9-11,13-14,20H,4,8,12H2,1H3,(H,35,36)/t20-/m1/s1. The average molecular weight is 601 g/mol. The number of benzene rings is 2. The minimum absolute atomic E-state index is 0.0224. The molecule has 15 heteroatoms. The average Bonchev–Trinajstić information content (AvgIpc) is 2.99. The van der Waals surface area contributed by atoms with Crippen LogP contribution in [0.4, 0.5) is 42.2 Å². The first kappa shape index (κ1) is 29.8. The first-order chi connectivity index (χ1) is 19.0. The summed E-state index contributed by atoms with van der Waals surface area (Å²) in [7, 11) is -3.60. The summed E-state index contributed by atoms with van der Waals surface area (Å²) in [5, 5.41) is 7.41. The highest BCUT2D eigenvalue weighted by atomic mass is 32.2. The molecule has 1 amide bonds. The Morgan fingerprint density at radius 3 is 2.34 bits per heavy atom. The van der Waals surface area contributed by atoms with Crippen LogP contribution in [0.3, 0.4) is 0 Å². The molecule has 0 bridgehead atoms. The highest BCUT2D eigenvalue weighted by Gasteiger charge is 2.42. The number of carbonyl (C=O) groups excluding carboxylic acids is 1. The predicted octanol–water partition coefficient (Wildman–Crippen LogP) is 5.14. The Labute approximate surface area is 229 Å². The minimum atomic E-state index is -5.19. The van der Waals surface area contributed by atoms with E-state index in [-0.39, 0.29) is 42.7 Å². The summed E-state index contributed by atoms with van der Waals surface area (Å²) in [5.74, 6) is 2.16. The maximum absolute atomic E-state index is 14.0. The number of carbonyl (C=O) groups is 1. The van der Waals surface area contributed by atoms with Crippen LogP contribution in [0.2, 0.25) is 0 Å². The lowest BCUT2D eigenvalue weighted by Gasteiger charge is -2.26. The molecule has 41 heavy (non-hydrogen) atoms. The van der Waals surface area contributed by atoms with Gasteiger partial charge in [0.25, 0.3) is 0 Å². The number of halogens is 7. The van der Waals surface area contributed by atoms with Gasteiger partial charge in [0.05, 0.1) is 29.8 Å². The molecule has 1 atom stereocenters. The lowest BCUT2D eigenvalue weighted by atomic mass is 9.88. The Balaban J connectivity index is 1.71. The summed E-state index contributed by atoms with van der Waals surface area (Å²) < 4.78 is 120. The third-order valence-corrected chi connectivity index (χ3v) is 6.65. The highest BCUT2D eigenvalue weighted by Crippen LogP contribution is 2.42. The number of hydrogen-bond donors (Lipinski definition) is 1. The monoisotopic (exact) mass is 600 g/mol. The van der Waals surface area contributed by atoms with Crippen molar-refractivity contribution in [3.8, 4) is 11.8 Å². The molecule has 3 aromatic rings. The predicted molar refractivity (Wildman–Crippen MR) is 134 cm³/mol. The summed E-state index contributed by atoms with van der Waals surface area (Å²) in [6.07, 6.45) is -9.58. The van der Waals surface area contributed by atoms with Gasteiger partial charge >= 0.3 is 12.4 Å². The van der Waals surface area contributed by atoms with Gasteiger partial charge in [-0.2, -0.15) is 26.3 Å². The number of aryl methyl sites for hydroxylation is 1. The molecule has 1 N–H and O–H groups in total. The molecular formula is C26H19F7N4O3S. The molecule has 0 radical (unpaired) electrons. The summed E-state index contributed by atoms with van der Waals surface area (Å²) in [4.78, 5) is 14.7. The fourth-order valence-corrected chi connectivity index (χ4v) is 4.82. The van der Waals surface area contributed by atoms with Gasteiger partial charge in [-0.05, 0) is 72.4 Å². The number of anilines is 2. The van der Waals surface area contributed by atoms with Crippen molar-refractivity contribution in [1.82, 2.24) is 10.2 Å². The number of aromatic nitrogens is 2. The molecule has 2 heterocycles. The number of fused-ring (bicyclic) bond motifs is 1. The van der Waals surface area contributed by atoms with E-state index < -0.39 is 56.7 Å². The van der Waals surface area contributed by atoms with Gasteiger partial charge < -0.3 is 0 Å². The molecule has 2 aromatic carbocycles. The maximum Gasteiger partial charge on any atom is 0.416 e. The Morgan fingerprint density at radius 2 is 1.73 bits per heavy atom. The second-order valence-corrected chi connectivity index (χ2v) is 10.8. The van der Waals surface area contributed by atoms with Gasteiger partial charge in [-0.15, -0.1) is 10.2 Å². The fraction of sp³-hybridized carbons (Fsp3) is 0.269. The SMILES string of the molecule is CS(=O)(=O)Nc1ccc(C#CCN2C(=O)[C@@H](c3ccc(C(F)(F)F)cc3C(F)(F)F)CCc3cc(F)ccc32)nn1. The second kappa shape index (κ2) is 11.0. The van der Waals surface area contributed by atoms with E-state index in [0.717, 1.165) is 23.3 Å². The number of nitrogens with one attached hydrogen (secondary N) is 1. The van der Waals surface area contributed by atoms with Crippen molar-refractivity contribution in [3.63, 3.8) is 0 Å². The van der Waals surface area contributed by atoms with E-state index in [1.807, 2.05) is 0 Å². The fourth-order valence-electron chi connectivity index (χ4n) is 4.33. The molecule has 0 saturated heterocycles. The van der Waals surface area contributed by atoms with E-state index in [0.29, 0.717) is 17.7 Å². The van der Waals surface area contributed by atoms with E-state index in [4.69, 9.17) is 0 Å². The van der Waals surface area contributed by atoms with Crippen LogP contribution in [0, 0.1) is 17.7 Å². The number of amides is 1. The Hall–Kier alpha value is -4.19. The number of sulfonamides is 1. The van der Waals surface area contributed by atoms with Crippen LogP contribution in [0.15, 0.2) is 48.5 Å². The zero-order valence-corrected chi connectivity index (χ0v) is 21.8. The summed E-state index contributed by atoms with van der Waals surface area (Å²) in [6.45, 7) is -0.388. The van der Waals surface area contributed by atoms with Gasteiger partial charge in [0.15, 0.2) is 5.82 Å². The molecule has 7 nitrogen and oxygen atoms in total. The molecule has 1 aromatic heterocycles. The molecule has 0 saturated carbocycles. The smallest absolute Gasteiger partial charge is 0.300 e. The van der Waals surface area contributed by atoms with Crippen molar-refractivity contribution < 1.29 is 43.9 Å². The molecule has 0 fully saturated rings. The normalized spacial score (nSPS) is 16.0. The van der Waals surface area contributed by atoms with Crippen LogP contribution in [0.25, 0.3) is 0 Å². The number of hydrogen-bond acceptors (Lipinski definition) is 5. The van der Waals surface area contributed by atoms with Gasteiger partial charge in [-0.25, -0.2) is 12.8 Å². The number of alkyl halides is 6. The van der Waals surface area contributed by atoms with E-state index in [9.17, 15) is 43.9 Å². The molecule has 4 rings (SSSR count). The summed E-state index contributed by atoms with van der Waals surface area (Å²) in [5.41, 5.74) is -3.18. The molecule has 1 aliphatic heterocycles. The summed E-state index contributed by atoms with van der Waals surface area (Å²) in [6, 6.07) is 7.19. The van der Waals surface area contributed by atoms with Gasteiger partial charge in [0.1, 0.15) is 11.5 Å². The Bertz CT molecular complexity index is 1640. The quantitative estimate of drug-likeness (QED) is 0.331. The van der Waals surface area contributed by atoms with Crippen molar-refractivity contribution in [2.75, 3.05) is 22.4 Å². The Morgan fingerprint density at radius 1 is 1.00 bits per heavy atom. The van der Waals surface area contributed by atoms with Crippen molar-refractivity contribution in [1.29, 1.82) is 0 Å². The molecular weight excluding hydrogens is 581 g/mol. The Kier molecular flexibility index (Phi) is 7.99. The maximum atomic E-state index is 14.0. The summed E-state index contributed by atoms with van der Waals surface area (Å²) >= 11 is 0. The lowest BCUT2D eigenvalue weighted by molar-refractivity contribution is -0.143. The van der Waals surface area contributed by atoms with Gasteiger partial charge in [-0.3, -0.25) is 14.4 Å². The number of rotatable bonds is 4. The highest BCUT2D eigenvalue weighted by molar-refractivity contribution is 7.92. The molecule has 0 spiro atoms. The van der Waals surface area contributed by atoms with Crippen molar-refractivity contribution >= 4 is 27.4 Å². The van der Waals surface area contributed by atoms with Gasteiger partial charge in [-0.1, -0.05) is 12.0 Å². The first-order valence-electron chi connectivity index (χ1n) is 11.7. The second-order valence-electron chi connectivity index (χ2n) is 9.07. The third-order valence-electron chi connectivity index (χ3n) is 6.07. The minimum Gasteiger partial charge on any atom is -0.300 e. The van der Waals surface area contributed by atoms with E-state index >= 15 is 0 Å². The van der Waals surface area contributed by atoms with Crippen LogP contribution >= 0.6 is 0 Å². The molecule has 0 aliphatic carbocycles. The van der Waals surface area contributed by atoms with Crippen LogP contribution in [-0.4, -0.2) is 37.3 Å². The third kappa shape index (κ3) is 7.12. The molecule has 216 valence electrons. The van der Waals surface area contributed by atoms with Crippen LogP contribution in [0.5, 0.6) is 0 Å². The topological polar surface area (TPSA) is 92.3 Å². The van der Waals surface area contributed by atoms with E-state index in [1.54, 1.807) is 0 Å². The largest absolute Gasteiger partial charge is 0.416 e. The van der Waals surface area contributed by atoms with Gasteiger partial charge in [0, 0.05) is 5.69 Å². The lowest BCUT2D eigenvalue weighted by Crippen LogP contribution is -2.35. The van der Waals surface area contributed by atoms with Crippen LogP contribution in [0.1, 0.15) is 40.3 Å². The zero-order valence-electron chi connectivity index (χ0n) is 20.9. The first-order valence-corrected chi connectivity index (χ1v) is 13.6. The number of nitrogens with zero attached hydrogens (tertiary/aromatic N) is 3. The van der Waals surface area contributed by atoms with Crippen molar-refractivity contribution in [2.45, 2.75) is 31.1 Å². The van der Waals surface area contributed by atoms with Crippen molar-refractivity contribution in [3.05, 3.63) is 82.3 Å². The zero-order chi connectivity index (χ0) is 30.2. The van der Waals surface area contributed by atoms with Crippen LogP contribution < -0.4 is 9.62 Å². The van der Waals surface area contributed by atoms with Crippen LogP contribution in [-0.2, 0) is 33.6 Å². The van der Waals surface area contributed by atoms with Gasteiger partial charge in [0.2, 0.25) is 15.9 Å². The van der Waals surface area contributed by atoms with E-state index in [1.165, 1.54) is 18.2 Å². The molecule has 0 unspecified atom stereocenters. The van der Waals surface area contributed by atoms with Crippen molar-refractivity contribution in [2.24, 2.45) is 0 Å².